The van der Waals surface area contributed by atoms with Gasteiger partial charge in [-0.1, -0.05) is 42.5 Å². The second-order valence-corrected chi connectivity index (χ2v) is 3.87. The molecule has 0 aliphatic rings. The average molecular weight is 228 g/mol. The van der Waals surface area contributed by atoms with E-state index in [4.69, 9.17) is 9.84 Å². The highest BCUT2D eigenvalue weighted by Gasteiger charge is 2.05. The largest absolute Gasteiger partial charge is 0.496 e. The molecule has 0 aliphatic carbocycles. The summed E-state index contributed by atoms with van der Waals surface area (Å²) in [6.07, 6.45) is 0.623. The fourth-order valence-corrected chi connectivity index (χ4v) is 1.88. The maximum Gasteiger partial charge on any atom is 0.122 e. The van der Waals surface area contributed by atoms with Crippen molar-refractivity contribution in [2.45, 2.75) is 6.42 Å². The molecule has 2 aromatic rings. The van der Waals surface area contributed by atoms with Crippen molar-refractivity contribution in [1.82, 2.24) is 0 Å². The first kappa shape index (κ1) is 11.7. The van der Waals surface area contributed by atoms with E-state index in [-0.39, 0.29) is 6.61 Å². The summed E-state index contributed by atoms with van der Waals surface area (Å²) < 4.78 is 5.35. The second-order valence-electron chi connectivity index (χ2n) is 3.87. The average Bonchev–Trinajstić information content (AvgIpc) is 2.40. The van der Waals surface area contributed by atoms with Gasteiger partial charge in [-0.3, -0.25) is 0 Å². The summed E-state index contributed by atoms with van der Waals surface area (Å²) in [6.45, 7) is 0.140. The molecule has 1 N–H and O–H groups in total. The van der Waals surface area contributed by atoms with Crippen LogP contribution in [0, 0.1) is 0 Å². The van der Waals surface area contributed by atoms with E-state index < -0.39 is 0 Å². The molecule has 0 saturated carbocycles. The number of aliphatic hydroxyl groups is 1. The Hall–Kier alpha value is -1.80. The third-order valence-electron chi connectivity index (χ3n) is 2.78. The van der Waals surface area contributed by atoms with Gasteiger partial charge in [-0.05, 0) is 29.2 Å². The Labute approximate surface area is 101 Å². The molecule has 0 spiro atoms. The second kappa shape index (κ2) is 5.51. The molecule has 2 aromatic carbocycles. The molecule has 0 fully saturated rings. The SMILES string of the molecule is COc1cc(-c2ccccc2)ccc1CCO. The van der Waals surface area contributed by atoms with Crippen LogP contribution in [0.2, 0.25) is 0 Å². The Morgan fingerprint density at radius 3 is 2.41 bits per heavy atom. The summed E-state index contributed by atoms with van der Waals surface area (Å²) in [5.74, 6) is 0.834. The predicted molar refractivity (Wildman–Crippen MR) is 69.2 cm³/mol. The molecule has 0 unspecified atom stereocenters. The van der Waals surface area contributed by atoms with Gasteiger partial charge in [0.25, 0.3) is 0 Å². The standard InChI is InChI=1S/C15H16O2/c1-17-15-11-14(8-7-13(15)9-10-16)12-5-3-2-4-6-12/h2-8,11,16H,9-10H2,1H3. The summed E-state index contributed by atoms with van der Waals surface area (Å²) in [5, 5.41) is 8.97. The van der Waals surface area contributed by atoms with Crippen molar-refractivity contribution < 1.29 is 9.84 Å². The Morgan fingerprint density at radius 2 is 1.76 bits per heavy atom. The Balaban J connectivity index is 2.38. The van der Waals surface area contributed by atoms with E-state index in [2.05, 4.69) is 18.2 Å². The summed E-state index contributed by atoms with van der Waals surface area (Å²) in [5.41, 5.74) is 3.33. The number of hydrogen-bond donors (Lipinski definition) is 1. The van der Waals surface area contributed by atoms with E-state index >= 15 is 0 Å². The predicted octanol–water partition coefficient (Wildman–Crippen LogP) is 2.90. The van der Waals surface area contributed by atoms with Gasteiger partial charge in [-0.15, -0.1) is 0 Å². The van der Waals surface area contributed by atoms with Crippen LogP contribution in [-0.4, -0.2) is 18.8 Å². The molecule has 2 rings (SSSR count). The zero-order chi connectivity index (χ0) is 12.1. The van der Waals surface area contributed by atoms with Crippen LogP contribution in [0.4, 0.5) is 0 Å². The monoisotopic (exact) mass is 228 g/mol. The summed E-state index contributed by atoms with van der Waals surface area (Å²) >= 11 is 0. The number of rotatable bonds is 4. The van der Waals surface area contributed by atoms with Gasteiger partial charge in [0.15, 0.2) is 0 Å². The Bertz CT molecular complexity index is 478. The highest BCUT2D eigenvalue weighted by Crippen LogP contribution is 2.27. The third kappa shape index (κ3) is 2.66. The first-order valence-corrected chi connectivity index (χ1v) is 5.68. The molecule has 0 radical (unpaired) electrons. The summed E-state index contributed by atoms with van der Waals surface area (Å²) in [6, 6.07) is 16.3. The minimum absolute atomic E-state index is 0.140. The minimum atomic E-state index is 0.140. The molecule has 0 amide bonds. The molecular weight excluding hydrogens is 212 g/mol. The van der Waals surface area contributed by atoms with Crippen LogP contribution in [0.5, 0.6) is 5.75 Å². The van der Waals surface area contributed by atoms with Crippen LogP contribution < -0.4 is 4.74 Å². The molecule has 0 aliphatic heterocycles. The maximum absolute atomic E-state index is 8.97. The Morgan fingerprint density at radius 1 is 1.00 bits per heavy atom. The quantitative estimate of drug-likeness (QED) is 0.871. The highest BCUT2D eigenvalue weighted by molar-refractivity contribution is 5.66. The van der Waals surface area contributed by atoms with E-state index in [0.29, 0.717) is 6.42 Å². The van der Waals surface area contributed by atoms with Crippen molar-refractivity contribution in [1.29, 1.82) is 0 Å². The lowest BCUT2D eigenvalue weighted by atomic mass is 10.0. The van der Waals surface area contributed by atoms with Crippen molar-refractivity contribution in [3.63, 3.8) is 0 Å². The molecule has 0 aromatic heterocycles. The number of aliphatic hydroxyl groups excluding tert-OH is 1. The van der Waals surface area contributed by atoms with Gasteiger partial charge in [0, 0.05) is 6.61 Å². The number of hydrogen-bond acceptors (Lipinski definition) is 2. The summed E-state index contributed by atoms with van der Waals surface area (Å²) in [4.78, 5) is 0. The van der Waals surface area contributed by atoms with Crippen molar-refractivity contribution in [3.05, 3.63) is 54.1 Å². The zero-order valence-electron chi connectivity index (χ0n) is 9.89. The number of benzene rings is 2. The van der Waals surface area contributed by atoms with Gasteiger partial charge in [0.1, 0.15) is 5.75 Å². The first-order valence-electron chi connectivity index (χ1n) is 5.68. The molecular formula is C15H16O2. The van der Waals surface area contributed by atoms with E-state index in [1.54, 1.807) is 7.11 Å². The van der Waals surface area contributed by atoms with Crippen LogP contribution in [0.25, 0.3) is 11.1 Å². The maximum atomic E-state index is 8.97. The smallest absolute Gasteiger partial charge is 0.122 e. The molecule has 88 valence electrons. The molecule has 0 bridgehead atoms. The van der Waals surface area contributed by atoms with Gasteiger partial charge >= 0.3 is 0 Å². The van der Waals surface area contributed by atoms with E-state index in [1.165, 1.54) is 5.56 Å². The lowest BCUT2D eigenvalue weighted by molar-refractivity contribution is 0.296. The van der Waals surface area contributed by atoms with E-state index in [1.807, 2.05) is 30.3 Å². The van der Waals surface area contributed by atoms with Crippen LogP contribution in [-0.2, 0) is 6.42 Å². The van der Waals surface area contributed by atoms with Gasteiger partial charge < -0.3 is 9.84 Å². The molecule has 0 atom stereocenters. The normalized spacial score (nSPS) is 10.2. The van der Waals surface area contributed by atoms with Crippen molar-refractivity contribution >= 4 is 0 Å². The number of ether oxygens (including phenoxy) is 1. The fourth-order valence-electron chi connectivity index (χ4n) is 1.88. The summed E-state index contributed by atoms with van der Waals surface area (Å²) in [7, 11) is 1.66. The van der Waals surface area contributed by atoms with Crippen molar-refractivity contribution in [3.8, 4) is 16.9 Å². The molecule has 2 nitrogen and oxygen atoms in total. The van der Waals surface area contributed by atoms with Gasteiger partial charge in [-0.2, -0.15) is 0 Å². The van der Waals surface area contributed by atoms with Crippen molar-refractivity contribution in [2.75, 3.05) is 13.7 Å². The number of methoxy groups -OCH3 is 1. The van der Waals surface area contributed by atoms with Crippen LogP contribution >= 0.6 is 0 Å². The van der Waals surface area contributed by atoms with Crippen LogP contribution in [0.3, 0.4) is 0 Å². The zero-order valence-corrected chi connectivity index (χ0v) is 9.89. The van der Waals surface area contributed by atoms with Gasteiger partial charge in [0.2, 0.25) is 0 Å². The molecule has 0 heterocycles. The molecule has 0 saturated heterocycles. The minimum Gasteiger partial charge on any atom is -0.496 e. The van der Waals surface area contributed by atoms with Crippen LogP contribution in [0.1, 0.15) is 5.56 Å². The lowest BCUT2D eigenvalue weighted by Gasteiger charge is -2.10. The van der Waals surface area contributed by atoms with Crippen LogP contribution in [0.15, 0.2) is 48.5 Å². The van der Waals surface area contributed by atoms with E-state index in [0.717, 1.165) is 16.9 Å². The third-order valence-corrected chi connectivity index (χ3v) is 2.78. The highest BCUT2D eigenvalue weighted by atomic mass is 16.5. The Kier molecular flexibility index (Phi) is 3.78. The van der Waals surface area contributed by atoms with Gasteiger partial charge in [-0.25, -0.2) is 0 Å². The van der Waals surface area contributed by atoms with E-state index in [9.17, 15) is 0 Å². The fraction of sp³-hybridized carbons (Fsp3) is 0.200. The van der Waals surface area contributed by atoms with Crippen molar-refractivity contribution in [2.24, 2.45) is 0 Å². The lowest BCUT2D eigenvalue weighted by Crippen LogP contribution is -1.96. The molecule has 2 heteroatoms. The molecule has 17 heavy (non-hydrogen) atoms. The topological polar surface area (TPSA) is 29.5 Å². The first-order chi connectivity index (χ1) is 8.35. The van der Waals surface area contributed by atoms with Gasteiger partial charge in [0.05, 0.1) is 7.11 Å².